The van der Waals surface area contributed by atoms with Gasteiger partial charge in [-0.25, -0.2) is 0 Å². The number of allylic oxidation sites excluding steroid dienone is 2. The molecule has 1 saturated carbocycles. The van der Waals surface area contributed by atoms with Gasteiger partial charge in [-0.3, -0.25) is 4.99 Å². The average Bonchev–Trinajstić information content (AvgIpc) is 2.60. The summed E-state index contributed by atoms with van der Waals surface area (Å²) in [6.07, 6.45) is 8.47. The summed E-state index contributed by atoms with van der Waals surface area (Å²) in [4.78, 5) is 4.50. The number of hydrogen-bond acceptors (Lipinski definition) is 1. The van der Waals surface area contributed by atoms with E-state index in [1.54, 1.807) is 5.57 Å². The summed E-state index contributed by atoms with van der Waals surface area (Å²) in [5, 5.41) is 0. The molecule has 2 atom stereocenters. The lowest BCUT2D eigenvalue weighted by Crippen LogP contribution is -2.07. The predicted octanol–water partition coefficient (Wildman–Crippen LogP) is 5.00. The van der Waals surface area contributed by atoms with Gasteiger partial charge in [0, 0.05) is 6.54 Å². The van der Waals surface area contributed by atoms with Gasteiger partial charge >= 0.3 is 0 Å². The second kappa shape index (κ2) is 7.46. The highest BCUT2D eigenvalue weighted by atomic mass is 127. The number of aliphatic imine (C=N–C) groups is 1. The molecule has 1 fully saturated rings. The van der Waals surface area contributed by atoms with Crippen molar-refractivity contribution in [3.8, 4) is 0 Å². The van der Waals surface area contributed by atoms with Gasteiger partial charge in [0.05, 0.1) is 0 Å². The van der Waals surface area contributed by atoms with Crippen molar-refractivity contribution in [3.63, 3.8) is 0 Å². The minimum absolute atomic E-state index is 0.766. The number of nitrogens with zero attached hydrogens (tertiary/aromatic N) is 1. The molecule has 0 spiro atoms. The highest BCUT2D eigenvalue weighted by Crippen LogP contribution is 2.41. The monoisotopic (exact) mass is 333 g/mol. The van der Waals surface area contributed by atoms with E-state index in [4.69, 9.17) is 0 Å². The number of rotatable bonds is 5. The van der Waals surface area contributed by atoms with Crippen LogP contribution < -0.4 is 0 Å². The minimum atomic E-state index is 0.766. The Hall–Kier alpha value is 0.140. The molecule has 0 heterocycles. The molecule has 1 aliphatic carbocycles. The van der Waals surface area contributed by atoms with Crippen molar-refractivity contribution in [1.82, 2.24) is 0 Å². The molecule has 1 nitrogen and oxygen atoms in total. The third kappa shape index (κ3) is 4.19. The fourth-order valence-electron chi connectivity index (χ4n) is 2.44. The van der Waals surface area contributed by atoms with Crippen LogP contribution in [0.4, 0.5) is 0 Å². The Labute approximate surface area is 114 Å². The third-order valence-corrected chi connectivity index (χ3v) is 4.27. The number of halogens is 1. The Morgan fingerprint density at radius 1 is 1.56 bits per heavy atom. The van der Waals surface area contributed by atoms with Crippen LogP contribution in [0.5, 0.6) is 0 Å². The van der Waals surface area contributed by atoms with Crippen molar-refractivity contribution >= 4 is 28.8 Å². The van der Waals surface area contributed by atoms with Gasteiger partial charge < -0.3 is 0 Å². The number of unbranched alkanes of at least 4 members (excludes halogenated alkanes) is 1. The van der Waals surface area contributed by atoms with Gasteiger partial charge in [-0.15, -0.1) is 0 Å². The lowest BCUT2D eigenvalue weighted by Gasteiger charge is -2.15. The van der Waals surface area contributed by atoms with Gasteiger partial charge in [0.2, 0.25) is 0 Å². The summed E-state index contributed by atoms with van der Waals surface area (Å²) < 4.78 is 1.51. The third-order valence-electron chi connectivity index (χ3n) is 3.58. The van der Waals surface area contributed by atoms with E-state index >= 15 is 0 Å². The summed E-state index contributed by atoms with van der Waals surface area (Å²) >= 11 is 2.48. The van der Waals surface area contributed by atoms with Crippen LogP contribution in [0.2, 0.25) is 0 Å². The van der Waals surface area contributed by atoms with Crippen molar-refractivity contribution in [2.24, 2.45) is 16.8 Å². The largest absolute Gasteiger partial charge is 0.298 e. The Morgan fingerprint density at radius 3 is 2.94 bits per heavy atom. The zero-order valence-electron chi connectivity index (χ0n) is 10.8. The molecule has 0 bridgehead atoms. The maximum absolute atomic E-state index is 4.50. The highest BCUT2D eigenvalue weighted by Gasteiger charge is 2.28. The quantitative estimate of drug-likeness (QED) is 0.381. The van der Waals surface area contributed by atoms with Crippen molar-refractivity contribution < 1.29 is 0 Å². The maximum atomic E-state index is 4.50. The molecular formula is C14H24IN. The molecule has 0 N–H and O–H groups in total. The molecule has 0 aliphatic heterocycles. The summed E-state index contributed by atoms with van der Waals surface area (Å²) in [6.45, 7) is 7.86. The molecule has 0 aromatic heterocycles. The first-order valence-corrected chi connectivity index (χ1v) is 7.58. The summed E-state index contributed by atoms with van der Waals surface area (Å²) in [5.74, 6) is 1.61. The van der Waals surface area contributed by atoms with Gasteiger partial charge in [0.1, 0.15) is 0 Å². The van der Waals surface area contributed by atoms with E-state index in [1.165, 1.54) is 29.3 Å². The molecular weight excluding hydrogens is 309 g/mol. The van der Waals surface area contributed by atoms with Crippen LogP contribution >= 0.6 is 22.6 Å². The van der Waals surface area contributed by atoms with E-state index in [1.807, 2.05) is 0 Å². The van der Waals surface area contributed by atoms with Gasteiger partial charge in [0.25, 0.3) is 0 Å². The van der Waals surface area contributed by atoms with E-state index in [0.717, 1.165) is 24.8 Å². The van der Waals surface area contributed by atoms with Gasteiger partial charge in [-0.2, -0.15) is 0 Å². The van der Waals surface area contributed by atoms with Gasteiger partial charge in [0.15, 0.2) is 0 Å². The first kappa shape index (κ1) is 14.2. The normalized spacial score (nSPS) is 29.0. The van der Waals surface area contributed by atoms with E-state index in [-0.39, 0.29) is 0 Å². The Kier molecular flexibility index (Phi) is 6.62. The van der Waals surface area contributed by atoms with E-state index < -0.39 is 0 Å². The van der Waals surface area contributed by atoms with Crippen molar-refractivity contribution in [3.05, 3.63) is 9.15 Å². The van der Waals surface area contributed by atoms with Crippen molar-refractivity contribution in [2.45, 2.75) is 52.9 Å². The first-order chi connectivity index (χ1) is 7.66. The molecule has 0 radical (unpaired) electrons. The highest BCUT2D eigenvalue weighted by molar-refractivity contribution is 14.1. The molecule has 0 aromatic rings. The summed E-state index contributed by atoms with van der Waals surface area (Å²) in [5.41, 5.74) is 1.69. The molecule has 1 rings (SSSR count). The maximum Gasteiger partial charge on any atom is 0.0385 e. The zero-order valence-corrected chi connectivity index (χ0v) is 13.0. The van der Waals surface area contributed by atoms with Crippen LogP contribution in [-0.2, 0) is 0 Å². The van der Waals surface area contributed by atoms with E-state index in [9.17, 15) is 0 Å². The lowest BCUT2D eigenvalue weighted by molar-refractivity contribution is 0.473. The molecule has 0 amide bonds. The van der Waals surface area contributed by atoms with Crippen LogP contribution in [0.3, 0.4) is 0 Å². The van der Waals surface area contributed by atoms with E-state index in [2.05, 4.69) is 54.6 Å². The van der Waals surface area contributed by atoms with Crippen LogP contribution in [0, 0.1) is 11.8 Å². The van der Waals surface area contributed by atoms with Crippen molar-refractivity contribution in [1.29, 1.82) is 0 Å². The van der Waals surface area contributed by atoms with Gasteiger partial charge in [-0.1, -0.05) is 25.8 Å². The second-order valence-corrected chi connectivity index (χ2v) is 6.48. The zero-order chi connectivity index (χ0) is 12.0. The minimum Gasteiger partial charge on any atom is -0.298 e. The van der Waals surface area contributed by atoms with Crippen LogP contribution in [0.1, 0.15) is 52.9 Å². The standard InChI is InChI=1S/C14H24IN/c1-4-5-9-16-10-8-13-11(2)6-7-14(13)12(3)15/h10-11,13H,4-9H2,1-3H3/b14-12-,16-10?/t11-,13+/m0/s1. The Morgan fingerprint density at radius 2 is 2.31 bits per heavy atom. The fourth-order valence-corrected chi connectivity index (χ4v) is 3.11. The molecule has 1 aliphatic rings. The van der Waals surface area contributed by atoms with Crippen LogP contribution in [-0.4, -0.2) is 12.8 Å². The molecule has 0 unspecified atom stereocenters. The molecule has 0 aromatic carbocycles. The summed E-state index contributed by atoms with van der Waals surface area (Å²) in [6, 6.07) is 0. The predicted molar refractivity (Wildman–Crippen MR) is 81.5 cm³/mol. The Bertz CT molecular complexity index is 264. The van der Waals surface area contributed by atoms with Crippen molar-refractivity contribution in [2.75, 3.05) is 6.54 Å². The Balaban J connectivity index is 2.45. The van der Waals surface area contributed by atoms with Crippen LogP contribution in [0.25, 0.3) is 0 Å². The first-order valence-electron chi connectivity index (χ1n) is 6.50. The molecule has 16 heavy (non-hydrogen) atoms. The smallest absolute Gasteiger partial charge is 0.0385 e. The fraction of sp³-hybridized carbons (Fsp3) is 0.786. The molecule has 0 saturated heterocycles. The molecule has 92 valence electrons. The molecule has 2 heteroatoms. The van der Waals surface area contributed by atoms with E-state index in [0.29, 0.717) is 0 Å². The lowest BCUT2D eigenvalue weighted by atomic mass is 9.92. The SMILES string of the molecule is CCCCN=CC[C@H]1/C(=C(/C)I)CC[C@@H]1C. The average molecular weight is 333 g/mol. The summed E-state index contributed by atoms with van der Waals surface area (Å²) in [7, 11) is 0. The van der Waals surface area contributed by atoms with Gasteiger partial charge in [-0.05, 0) is 76.8 Å². The number of hydrogen-bond donors (Lipinski definition) is 0. The topological polar surface area (TPSA) is 12.4 Å². The van der Waals surface area contributed by atoms with Crippen LogP contribution in [0.15, 0.2) is 14.1 Å². The second-order valence-electron chi connectivity index (χ2n) is 4.86.